The number of nitrogens with one attached hydrogen (secondary N) is 1. The summed E-state index contributed by atoms with van der Waals surface area (Å²) in [6.07, 6.45) is 1.44. The second-order valence-corrected chi connectivity index (χ2v) is 5.51. The maximum Gasteiger partial charge on any atom is 0.274 e. The van der Waals surface area contributed by atoms with Gasteiger partial charge in [0.2, 0.25) is 0 Å². The van der Waals surface area contributed by atoms with Gasteiger partial charge in [-0.05, 0) is 5.92 Å². The lowest BCUT2D eigenvalue weighted by atomic mass is 9.83. The van der Waals surface area contributed by atoms with Crippen molar-refractivity contribution in [2.45, 2.75) is 26.0 Å². The number of fused-ring (bicyclic) bond motifs is 1. The van der Waals surface area contributed by atoms with E-state index in [1.165, 1.54) is 16.9 Å². The van der Waals surface area contributed by atoms with Gasteiger partial charge in [-0.1, -0.05) is 13.8 Å². The number of likely N-dealkylation sites (tertiary alicyclic amines) is 1. The van der Waals surface area contributed by atoms with Gasteiger partial charge in [0.15, 0.2) is 0 Å². The molecule has 0 amide bonds. The number of aromatic nitrogens is 4. The van der Waals surface area contributed by atoms with Crippen LogP contribution in [0.3, 0.4) is 0 Å². The molecule has 1 saturated heterocycles. The van der Waals surface area contributed by atoms with E-state index < -0.39 is 5.60 Å². The first kappa shape index (κ1) is 12.3. The molecule has 0 saturated carbocycles. The highest BCUT2D eigenvalue weighted by Gasteiger charge is 2.43. The Hall–Kier alpha value is -1.73. The zero-order valence-electron chi connectivity index (χ0n) is 11.0. The summed E-state index contributed by atoms with van der Waals surface area (Å²) in [6, 6.07) is 1.50. The highest BCUT2D eigenvalue weighted by atomic mass is 16.3. The van der Waals surface area contributed by atoms with Gasteiger partial charge < -0.3 is 5.11 Å². The molecule has 1 aliphatic rings. The summed E-state index contributed by atoms with van der Waals surface area (Å²) in [5.41, 5.74) is -0.0917. The molecule has 19 heavy (non-hydrogen) atoms. The molecule has 0 bridgehead atoms. The zero-order chi connectivity index (χ0) is 13.6. The number of aliphatic hydroxyl groups is 1. The molecule has 102 valence electrons. The van der Waals surface area contributed by atoms with Crippen molar-refractivity contribution in [1.82, 2.24) is 24.5 Å². The third-order valence-corrected chi connectivity index (χ3v) is 3.78. The lowest BCUT2D eigenvalue weighted by molar-refractivity contribution is -0.131. The summed E-state index contributed by atoms with van der Waals surface area (Å²) in [5, 5.41) is 12.9. The molecule has 0 unspecified atom stereocenters. The Kier molecular flexibility index (Phi) is 2.68. The van der Waals surface area contributed by atoms with E-state index >= 15 is 0 Å². The van der Waals surface area contributed by atoms with Gasteiger partial charge in [0.25, 0.3) is 11.3 Å². The van der Waals surface area contributed by atoms with Crippen molar-refractivity contribution in [2.24, 2.45) is 5.92 Å². The number of hydrogen-bond donors (Lipinski definition) is 2. The molecular formula is C12H17N5O2. The van der Waals surface area contributed by atoms with E-state index in [4.69, 9.17) is 0 Å². The fourth-order valence-electron chi connectivity index (χ4n) is 2.38. The molecule has 0 aliphatic carbocycles. The normalized spacial score (nSPS) is 18.9. The molecule has 2 N–H and O–H groups in total. The molecule has 7 nitrogen and oxygen atoms in total. The Morgan fingerprint density at radius 3 is 2.95 bits per heavy atom. The van der Waals surface area contributed by atoms with E-state index in [2.05, 4.69) is 20.0 Å². The Labute approximate surface area is 109 Å². The van der Waals surface area contributed by atoms with Crippen molar-refractivity contribution < 1.29 is 5.11 Å². The molecule has 0 spiro atoms. The van der Waals surface area contributed by atoms with Crippen molar-refractivity contribution in [2.75, 3.05) is 13.1 Å². The van der Waals surface area contributed by atoms with Crippen LogP contribution in [0.2, 0.25) is 0 Å². The minimum atomic E-state index is -0.606. The smallest absolute Gasteiger partial charge is 0.274 e. The molecule has 3 heterocycles. The lowest BCUT2D eigenvalue weighted by Gasteiger charge is -2.49. The van der Waals surface area contributed by atoms with Gasteiger partial charge in [-0.3, -0.25) is 14.8 Å². The fourth-order valence-corrected chi connectivity index (χ4v) is 2.38. The average Bonchev–Trinajstić information content (AvgIpc) is 2.75. The third kappa shape index (κ3) is 2.04. The highest BCUT2D eigenvalue weighted by Crippen LogP contribution is 2.29. The summed E-state index contributed by atoms with van der Waals surface area (Å²) in [5.74, 6) is 0.610. The summed E-state index contributed by atoms with van der Waals surface area (Å²) in [6.45, 7) is 5.82. The Bertz CT molecular complexity index is 653. The Balaban J connectivity index is 1.75. The van der Waals surface area contributed by atoms with Gasteiger partial charge >= 0.3 is 0 Å². The SMILES string of the molecule is CC(C)C1(O)CN(Cc2cc(=O)n3[nH]cnc3n2)C1. The Morgan fingerprint density at radius 1 is 1.53 bits per heavy atom. The maximum atomic E-state index is 11.8. The van der Waals surface area contributed by atoms with Crippen LogP contribution in [-0.2, 0) is 6.54 Å². The highest BCUT2D eigenvalue weighted by molar-refractivity contribution is 5.26. The van der Waals surface area contributed by atoms with Crippen LogP contribution in [0.1, 0.15) is 19.5 Å². The van der Waals surface area contributed by atoms with Gasteiger partial charge in [-0.15, -0.1) is 0 Å². The summed E-state index contributed by atoms with van der Waals surface area (Å²) in [7, 11) is 0. The van der Waals surface area contributed by atoms with Crippen LogP contribution < -0.4 is 5.56 Å². The van der Waals surface area contributed by atoms with Crippen LogP contribution >= 0.6 is 0 Å². The lowest BCUT2D eigenvalue weighted by Crippen LogP contribution is -2.63. The second kappa shape index (κ2) is 4.14. The molecule has 0 aromatic carbocycles. The van der Waals surface area contributed by atoms with Crippen molar-refractivity contribution in [3.8, 4) is 0 Å². The van der Waals surface area contributed by atoms with Crippen molar-refractivity contribution in [1.29, 1.82) is 0 Å². The minimum absolute atomic E-state index is 0.169. The molecule has 7 heteroatoms. The number of β-amino-alcohol motifs (C(OH)–C–C–N with tert-alkyl or cyclic N) is 1. The first-order valence-electron chi connectivity index (χ1n) is 6.35. The van der Waals surface area contributed by atoms with Crippen LogP contribution in [0, 0.1) is 5.92 Å². The maximum absolute atomic E-state index is 11.8. The van der Waals surface area contributed by atoms with E-state index in [9.17, 15) is 9.90 Å². The predicted molar refractivity (Wildman–Crippen MR) is 68.7 cm³/mol. The zero-order valence-corrected chi connectivity index (χ0v) is 11.0. The summed E-state index contributed by atoms with van der Waals surface area (Å²) in [4.78, 5) is 22.1. The molecule has 1 aliphatic heterocycles. The molecule has 1 fully saturated rings. The monoisotopic (exact) mass is 263 g/mol. The van der Waals surface area contributed by atoms with Gasteiger partial charge in [-0.25, -0.2) is 9.97 Å². The van der Waals surface area contributed by atoms with Gasteiger partial charge in [-0.2, -0.15) is 4.52 Å². The number of H-pyrrole nitrogens is 1. The number of hydrogen-bond acceptors (Lipinski definition) is 5. The van der Waals surface area contributed by atoms with Crippen LogP contribution in [-0.4, -0.2) is 48.3 Å². The third-order valence-electron chi connectivity index (χ3n) is 3.78. The molecule has 2 aromatic heterocycles. The fraction of sp³-hybridized carbons (Fsp3) is 0.583. The van der Waals surface area contributed by atoms with Gasteiger partial charge in [0.1, 0.15) is 6.33 Å². The van der Waals surface area contributed by atoms with Crippen molar-refractivity contribution in [3.63, 3.8) is 0 Å². The first-order valence-corrected chi connectivity index (χ1v) is 6.35. The Morgan fingerprint density at radius 2 is 2.26 bits per heavy atom. The average molecular weight is 263 g/mol. The van der Waals surface area contributed by atoms with Crippen LogP contribution in [0.25, 0.3) is 5.78 Å². The van der Waals surface area contributed by atoms with Crippen LogP contribution in [0.15, 0.2) is 17.2 Å². The summed E-state index contributed by atoms with van der Waals surface area (Å²) >= 11 is 0. The van der Waals surface area contributed by atoms with Gasteiger partial charge in [0, 0.05) is 25.7 Å². The van der Waals surface area contributed by atoms with E-state index in [1.807, 2.05) is 13.8 Å². The van der Waals surface area contributed by atoms with E-state index in [0.717, 1.165) is 0 Å². The first-order chi connectivity index (χ1) is 8.98. The largest absolute Gasteiger partial charge is 0.387 e. The number of nitrogens with zero attached hydrogens (tertiary/aromatic N) is 4. The minimum Gasteiger partial charge on any atom is -0.387 e. The number of rotatable bonds is 3. The second-order valence-electron chi connectivity index (χ2n) is 5.51. The van der Waals surface area contributed by atoms with E-state index in [1.54, 1.807) is 0 Å². The molecule has 2 aromatic rings. The molecule has 0 atom stereocenters. The van der Waals surface area contributed by atoms with E-state index in [0.29, 0.717) is 31.1 Å². The summed E-state index contributed by atoms with van der Waals surface area (Å²) < 4.78 is 1.30. The van der Waals surface area contributed by atoms with Crippen LogP contribution in [0.5, 0.6) is 0 Å². The predicted octanol–water partition coefficient (Wildman–Crippen LogP) is -0.380. The quantitative estimate of drug-likeness (QED) is 0.788. The molecule has 3 rings (SSSR count). The van der Waals surface area contributed by atoms with E-state index in [-0.39, 0.29) is 11.5 Å². The molecular weight excluding hydrogens is 246 g/mol. The standard InChI is InChI=1S/C12H17N5O2/c1-8(2)12(19)5-16(6-12)4-9-3-10(18)17-11(15-9)13-7-14-17/h3,7-8,19H,4-6H2,1-2H3,(H,13,14,15). The number of aromatic amines is 1. The van der Waals surface area contributed by atoms with Crippen molar-refractivity contribution in [3.05, 3.63) is 28.4 Å². The van der Waals surface area contributed by atoms with Gasteiger partial charge in [0.05, 0.1) is 11.3 Å². The van der Waals surface area contributed by atoms with Crippen molar-refractivity contribution >= 4 is 5.78 Å². The van der Waals surface area contributed by atoms with Crippen LogP contribution in [0.4, 0.5) is 0 Å². The topological polar surface area (TPSA) is 86.5 Å². The molecule has 0 radical (unpaired) electrons.